The monoisotopic (exact) mass is 493 g/mol. The van der Waals surface area contributed by atoms with Crippen LogP contribution in [0.1, 0.15) is 11.3 Å². The fraction of sp³-hybridized carbons (Fsp3) is 0.318. The lowest BCUT2D eigenvalue weighted by molar-refractivity contribution is -0.140. The Morgan fingerprint density at radius 3 is 2.29 bits per heavy atom. The highest BCUT2D eigenvalue weighted by Crippen LogP contribution is 2.39. The van der Waals surface area contributed by atoms with Gasteiger partial charge in [0.05, 0.1) is 34.9 Å². The van der Waals surface area contributed by atoms with E-state index in [0.717, 1.165) is 23.5 Å². The van der Waals surface area contributed by atoms with Gasteiger partial charge in [-0.2, -0.15) is 23.4 Å². The number of anilines is 2. The van der Waals surface area contributed by atoms with Crippen LogP contribution in [0, 0.1) is 18.6 Å². The molecule has 5 rings (SSSR count). The highest BCUT2D eigenvalue weighted by molar-refractivity contribution is 5.85. The van der Waals surface area contributed by atoms with Crippen LogP contribution in [0.3, 0.4) is 0 Å². The van der Waals surface area contributed by atoms with Gasteiger partial charge in [0.25, 0.3) is 0 Å². The number of hydrogen-bond acceptors (Lipinski definition) is 6. The van der Waals surface area contributed by atoms with Gasteiger partial charge >= 0.3 is 6.18 Å². The van der Waals surface area contributed by atoms with Crippen molar-refractivity contribution >= 4 is 22.4 Å². The fourth-order valence-corrected chi connectivity index (χ4v) is 4.24. The number of piperazine rings is 1. The van der Waals surface area contributed by atoms with Gasteiger partial charge < -0.3 is 14.9 Å². The van der Waals surface area contributed by atoms with Crippen molar-refractivity contribution in [1.82, 2.24) is 24.5 Å². The molecule has 0 unspecified atom stereocenters. The summed E-state index contributed by atoms with van der Waals surface area (Å²) in [5.74, 6) is -4.69. The molecule has 4 heterocycles. The lowest BCUT2D eigenvalue weighted by atomic mass is 10.1. The van der Waals surface area contributed by atoms with Crippen LogP contribution in [0.4, 0.5) is 33.5 Å². The molecular formula is C22H20F5N7O. The molecule has 4 aromatic rings. The van der Waals surface area contributed by atoms with Gasteiger partial charge in [-0.25, -0.2) is 18.4 Å². The van der Waals surface area contributed by atoms with Crippen molar-refractivity contribution in [3.63, 3.8) is 0 Å². The largest absolute Gasteiger partial charge is 0.503 e. The summed E-state index contributed by atoms with van der Waals surface area (Å²) in [6.45, 7) is 4.45. The van der Waals surface area contributed by atoms with E-state index < -0.39 is 34.8 Å². The third-order valence-corrected chi connectivity index (χ3v) is 6.09. The maximum atomic E-state index is 14.6. The smallest absolute Gasteiger partial charge is 0.419 e. The number of phenolic OH excluding ortho intramolecular Hbond substituents is 1. The first kappa shape index (κ1) is 22.9. The van der Waals surface area contributed by atoms with Gasteiger partial charge in [-0.3, -0.25) is 4.68 Å². The number of rotatable bonds is 3. The van der Waals surface area contributed by atoms with Crippen molar-refractivity contribution in [3.8, 4) is 11.4 Å². The van der Waals surface area contributed by atoms with E-state index in [4.69, 9.17) is 0 Å². The quantitative estimate of drug-likeness (QED) is 0.438. The highest BCUT2D eigenvalue weighted by Gasteiger charge is 2.38. The predicted octanol–water partition coefficient (Wildman–Crippen LogP) is 3.79. The number of aromatic nitrogens is 5. The molecule has 0 aliphatic carbocycles. The van der Waals surface area contributed by atoms with Crippen molar-refractivity contribution in [1.29, 1.82) is 0 Å². The maximum absolute atomic E-state index is 14.6. The molecule has 35 heavy (non-hydrogen) atoms. The van der Waals surface area contributed by atoms with Gasteiger partial charge in [0.2, 0.25) is 0 Å². The summed E-state index contributed by atoms with van der Waals surface area (Å²) < 4.78 is 70.9. The molecule has 1 aromatic carbocycles. The van der Waals surface area contributed by atoms with Crippen LogP contribution < -0.4 is 9.80 Å². The van der Waals surface area contributed by atoms with Gasteiger partial charge in [0.15, 0.2) is 17.4 Å². The standard InChI is InChI=1S/C22H20F5N7O/c1-12-14-7-18(33-5-3-32(4-6-33)13-9-29-31(2)11-13)28-10-17(14)34(30-12)16-8-15(22(25,26)27)19(23)21(35)20(16)24/h7-11,35H,3-6H2,1-2H3. The molecule has 1 saturated heterocycles. The molecule has 8 nitrogen and oxygen atoms in total. The number of halogens is 5. The zero-order valence-electron chi connectivity index (χ0n) is 18.7. The number of aromatic hydroxyl groups is 1. The SMILES string of the molecule is Cc1nn(-c2cc(C(F)(F)F)c(F)c(O)c2F)c2cnc(N3CCN(c4cnn(C)c4)CC3)cc12. The van der Waals surface area contributed by atoms with Crippen molar-refractivity contribution in [2.75, 3.05) is 36.0 Å². The van der Waals surface area contributed by atoms with E-state index in [0.29, 0.717) is 36.1 Å². The molecule has 3 aromatic heterocycles. The van der Waals surface area contributed by atoms with Crippen LogP contribution in [-0.2, 0) is 13.2 Å². The molecular weight excluding hydrogens is 473 g/mol. The minimum Gasteiger partial charge on any atom is -0.503 e. The van der Waals surface area contributed by atoms with Crippen molar-refractivity contribution in [2.45, 2.75) is 13.1 Å². The highest BCUT2D eigenvalue weighted by atomic mass is 19.4. The Labute approximate surface area is 195 Å². The summed E-state index contributed by atoms with van der Waals surface area (Å²) in [6, 6.07) is 2.03. The molecule has 0 spiro atoms. The number of fused-ring (bicyclic) bond motifs is 1. The summed E-state index contributed by atoms with van der Waals surface area (Å²) in [6.07, 6.45) is -0.0146. The van der Waals surface area contributed by atoms with Crippen LogP contribution >= 0.6 is 0 Å². The van der Waals surface area contributed by atoms with Crippen molar-refractivity contribution < 1.29 is 27.1 Å². The van der Waals surface area contributed by atoms with Crippen LogP contribution in [0.5, 0.6) is 5.75 Å². The first-order valence-electron chi connectivity index (χ1n) is 10.7. The van der Waals surface area contributed by atoms with E-state index in [1.54, 1.807) is 23.9 Å². The first-order valence-corrected chi connectivity index (χ1v) is 10.7. The molecule has 0 bridgehead atoms. The Hall–Kier alpha value is -3.90. The molecule has 0 atom stereocenters. The average Bonchev–Trinajstić information content (AvgIpc) is 3.40. The van der Waals surface area contributed by atoms with Crippen LogP contribution in [0.15, 0.2) is 30.7 Å². The van der Waals surface area contributed by atoms with Crippen molar-refractivity contribution in [2.24, 2.45) is 7.05 Å². The van der Waals surface area contributed by atoms with Gasteiger partial charge in [-0.1, -0.05) is 0 Å². The number of phenols is 1. The van der Waals surface area contributed by atoms with Crippen molar-refractivity contribution in [3.05, 3.63) is 53.6 Å². The zero-order chi connectivity index (χ0) is 25.1. The zero-order valence-corrected chi connectivity index (χ0v) is 18.7. The van der Waals surface area contributed by atoms with E-state index in [2.05, 4.69) is 25.0 Å². The number of alkyl halides is 3. The van der Waals surface area contributed by atoms with E-state index in [1.165, 1.54) is 6.20 Å². The van der Waals surface area contributed by atoms with Gasteiger partial charge in [0, 0.05) is 44.8 Å². The van der Waals surface area contributed by atoms with E-state index in [1.807, 2.05) is 13.2 Å². The Balaban J connectivity index is 1.48. The summed E-state index contributed by atoms with van der Waals surface area (Å²) in [5.41, 5.74) is -0.860. The Morgan fingerprint density at radius 2 is 1.66 bits per heavy atom. The Kier molecular flexibility index (Phi) is 5.29. The predicted molar refractivity (Wildman–Crippen MR) is 118 cm³/mol. The van der Waals surface area contributed by atoms with Crippen LogP contribution in [-0.4, -0.2) is 55.8 Å². The maximum Gasteiger partial charge on any atom is 0.419 e. The summed E-state index contributed by atoms with van der Waals surface area (Å²) in [5, 5.41) is 18.6. The topological polar surface area (TPSA) is 75.2 Å². The van der Waals surface area contributed by atoms with Crippen LogP contribution in [0.2, 0.25) is 0 Å². The van der Waals surface area contributed by atoms with Gasteiger partial charge in [-0.05, 0) is 19.1 Å². The number of aryl methyl sites for hydroxylation is 2. The third-order valence-electron chi connectivity index (χ3n) is 6.09. The molecule has 1 aliphatic rings. The number of nitrogens with zero attached hydrogens (tertiary/aromatic N) is 7. The second kappa shape index (κ2) is 8.10. The molecule has 13 heteroatoms. The normalized spacial score (nSPS) is 14.8. The minimum absolute atomic E-state index is 0.221. The first-order chi connectivity index (χ1) is 16.5. The number of benzene rings is 1. The fourth-order valence-electron chi connectivity index (χ4n) is 4.24. The van der Waals surface area contributed by atoms with Gasteiger partial charge in [0.1, 0.15) is 11.5 Å². The second-order valence-electron chi connectivity index (χ2n) is 8.32. The number of hydrogen-bond donors (Lipinski definition) is 1. The Morgan fingerprint density at radius 1 is 0.971 bits per heavy atom. The second-order valence-corrected chi connectivity index (χ2v) is 8.32. The van der Waals surface area contributed by atoms with E-state index >= 15 is 0 Å². The molecule has 0 saturated carbocycles. The van der Waals surface area contributed by atoms with E-state index in [9.17, 15) is 27.1 Å². The minimum atomic E-state index is -5.13. The van der Waals surface area contributed by atoms with Crippen LogP contribution in [0.25, 0.3) is 16.6 Å². The lowest BCUT2D eigenvalue weighted by Gasteiger charge is -2.36. The Bertz CT molecular complexity index is 1420. The number of pyridine rings is 1. The molecule has 0 radical (unpaired) electrons. The summed E-state index contributed by atoms with van der Waals surface area (Å²) in [7, 11) is 1.85. The lowest BCUT2D eigenvalue weighted by Crippen LogP contribution is -2.46. The van der Waals surface area contributed by atoms with E-state index in [-0.39, 0.29) is 5.52 Å². The molecule has 1 N–H and O–H groups in total. The molecule has 1 fully saturated rings. The summed E-state index contributed by atoms with van der Waals surface area (Å²) >= 11 is 0. The third kappa shape index (κ3) is 3.90. The van der Waals surface area contributed by atoms with Gasteiger partial charge in [-0.15, -0.1) is 0 Å². The molecule has 184 valence electrons. The summed E-state index contributed by atoms with van der Waals surface area (Å²) in [4.78, 5) is 8.69. The molecule has 1 aliphatic heterocycles. The molecule has 0 amide bonds. The average molecular weight is 493 g/mol.